The first kappa shape index (κ1) is 14.3. The quantitative estimate of drug-likeness (QED) is 0.656. The molecule has 5 nitrogen and oxygen atoms in total. The van der Waals surface area contributed by atoms with E-state index >= 15 is 0 Å². The average molecular weight is 244 g/mol. The third-order valence-corrected chi connectivity index (χ3v) is 3.15. The Balaban J connectivity index is 2.08. The monoisotopic (exact) mass is 244 g/mol. The Morgan fingerprint density at radius 3 is 3.00 bits per heavy atom. The normalized spacial score (nSPS) is 19.6. The highest BCUT2D eigenvalue weighted by molar-refractivity contribution is 5.74. The maximum absolute atomic E-state index is 11.8. The molecule has 1 rings (SSSR count). The van der Waals surface area contributed by atoms with E-state index in [0.717, 1.165) is 45.3 Å². The molecule has 0 radical (unpaired) electrons. The number of hydrogen-bond donors (Lipinski definition) is 2. The summed E-state index contributed by atoms with van der Waals surface area (Å²) in [5, 5.41) is 12.0. The van der Waals surface area contributed by atoms with Crippen LogP contribution in [0.5, 0.6) is 0 Å². The molecule has 2 N–H and O–H groups in total. The SMILES string of the molecule is COCCCCCNC(=O)N1CCCC1CO. The molecule has 5 heteroatoms. The van der Waals surface area contributed by atoms with Gasteiger partial charge in [-0.3, -0.25) is 0 Å². The first-order valence-corrected chi connectivity index (χ1v) is 6.44. The third kappa shape index (κ3) is 4.91. The predicted octanol–water partition coefficient (Wildman–Crippen LogP) is 0.969. The van der Waals surface area contributed by atoms with Crippen molar-refractivity contribution < 1.29 is 14.6 Å². The van der Waals surface area contributed by atoms with Gasteiger partial charge in [0.2, 0.25) is 0 Å². The van der Waals surface area contributed by atoms with Gasteiger partial charge >= 0.3 is 6.03 Å². The number of nitrogens with one attached hydrogen (secondary N) is 1. The zero-order valence-electron chi connectivity index (χ0n) is 10.7. The van der Waals surface area contributed by atoms with Gasteiger partial charge in [0, 0.05) is 26.8 Å². The summed E-state index contributed by atoms with van der Waals surface area (Å²) in [5.41, 5.74) is 0. The van der Waals surface area contributed by atoms with Gasteiger partial charge in [0.25, 0.3) is 0 Å². The first-order valence-electron chi connectivity index (χ1n) is 6.44. The predicted molar refractivity (Wildman–Crippen MR) is 65.9 cm³/mol. The van der Waals surface area contributed by atoms with Crippen LogP contribution in [0.2, 0.25) is 0 Å². The number of unbranched alkanes of at least 4 members (excludes halogenated alkanes) is 2. The molecule has 1 heterocycles. The molecule has 2 amide bonds. The third-order valence-electron chi connectivity index (χ3n) is 3.15. The van der Waals surface area contributed by atoms with E-state index in [-0.39, 0.29) is 18.7 Å². The summed E-state index contributed by atoms with van der Waals surface area (Å²) in [7, 11) is 1.70. The van der Waals surface area contributed by atoms with Crippen molar-refractivity contribution in [1.82, 2.24) is 10.2 Å². The van der Waals surface area contributed by atoms with Crippen molar-refractivity contribution in [2.24, 2.45) is 0 Å². The van der Waals surface area contributed by atoms with Gasteiger partial charge in [0.1, 0.15) is 0 Å². The fourth-order valence-electron chi connectivity index (χ4n) is 2.14. The smallest absolute Gasteiger partial charge is 0.317 e. The number of amides is 2. The lowest BCUT2D eigenvalue weighted by atomic mass is 10.2. The maximum Gasteiger partial charge on any atom is 0.317 e. The van der Waals surface area contributed by atoms with Gasteiger partial charge in [-0.2, -0.15) is 0 Å². The van der Waals surface area contributed by atoms with Gasteiger partial charge < -0.3 is 20.1 Å². The number of likely N-dealkylation sites (tertiary alicyclic amines) is 1. The topological polar surface area (TPSA) is 61.8 Å². The number of hydrogen-bond acceptors (Lipinski definition) is 3. The molecule has 0 aromatic carbocycles. The fourth-order valence-corrected chi connectivity index (χ4v) is 2.14. The van der Waals surface area contributed by atoms with Crippen LogP contribution in [-0.4, -0.2) is 55.5 Å². The highest BCUT2D eigenvalue weighted by atomic mass is 16.5. The molecule has 1 aliphatic heterocycles. The zero-order chi connectivity index (χ0) is 12.5. The second-order valence-corrected chi connectivity index (χ2v) is 4.46. The minimum atomic E-state index is -0.0340. The Morgan fingerprint density at radius 1 is 1.47 bits per heavy atom. The second-order valence-electron chi connectivity index (χ2n) is 4.46. The average Bonchev–Trinajstić information content (AvgIpc) is 2.81. The van der Waals surface area contributed by atoms with Gasteiger partial charge in [-0.05, 0) is 32.1 Å². The largest absolute Gasteiger partial charge is 0.394 e. The molecule has 17 heavy (non-hydrogen) atoms. The summed E-state index contributed by atoms with van der Waals surface area (Å²) >= 11 is 0. The molecule has 0 aromatic heterocycles. The highest BCUT2D eigenvalue weighted by Gasteiger charge is 2.27. The Bertz CT molecular complexity index is 224. The molecule has 1 atom stereocenters. The van der Waals surface area contributed by atoms with Gasteiger partial charge in [0.15, 0.2) is 0 Å². The molecule has 0 aromatic rings. The van der Waals surface area contributed by atoms with Gasteiger partial charge in [0.05, 0.1) is 12.6 Å². The molecule has 0 spiro atoms. The molecular formula is C12H24N2O3. The van der Waals surface area contributed by atoms with Crippen molar-refractivity contribution >= 4 is 6.03 Å². The van der Waals surface area contributed by atoms with Gasteiger partial charge in [-0.1, -0.05) is 0 Å². The highest BCUT2D eigenvalue weighted by Crippen LogP contribution is 2.16. The minimum Gasteiger partial charge on any atom is -0.394 e. The number of rotatable bonds is 7. The Morgan fingerprint density at radius 2 is 2.29 bits per heavy atom. The van der Waals surface area contributed by atoms with Crippen molar-refractivity contribution in [2.75, 3.05) is 33.4 Å². The number of urea groups is 1. The van der Waals surface area contributed by atoms with Crippen molar-refractivity contribution in [3.8, 4) is 0 Å². The Kier molecular flexibility index (Phi) is 6.96. The zero-order valence-corrected chi connectivity index (χ0v) is 10.7. The van der Waals surface area contributed by atoms with Crippen LogP contribution < -0.4 is 5.32 Å². The lowest BCUT2D eigenvalue weighted by Gasteiger charge is -2.23. The minimum absolute atomic E-state index is 0.0171. The number of carbonyl (C=O) groups is 1. The van der Waals surface area contributed by atoms with E-state index < -0.39 is 0 Å². The first-order chi connectivity index (χ1) is 8.29. The number of aliphatic hydroxyl groups is 1. The number of ether oxygens (including phenoxy) is 1. The summed E-state index contributed by atoms with van der Waals surface area (Å²) in [6.07, 6.45) is 4.99. The summed E-state index contributed by atoms with van der Waals surface area (Å²) < 4.78 is 4.96. The molecule has 1 saturated heterocycles. The molecule has 1 fully saturated rings. The van der Waals surface area contributed by atoms with E-state index in [1.165, 1.54) is 0 Å². The van der Waals surface area contributed by atoms with E-state index in [4.69, 9.17) is 9.84 Å². The molecule has 1 aliphatic rings. The molecule has 1 unspecified atom stereocenters. The lowest BCUT2D eigenvalue weighted by Crippen LogP contribution is -2.44. The van der Waals surface area contributed by atoms with E-state index in [2.05, 4.69) is 5.32 Å². The number of nitrogens with zero attached hydrogens (tertiary/aromatic N) is 1. The van der Waals surface area contributed by atoms with Crippen LogP contribution in [0.3, 0.4) is 0 Å². The molecule has 100 valence electrons. The summed E-state index contributed by atoms with van der Waals surface area (Å²) in [4.78, 5) is 13.5. The summed E-state index contributed by atoms with van der Waals surface area (Å²) in [6, 6.07) is -0.0169. The number of carbonyl (C=O) groups excluding carboxylic acids is 1. The fraction of sp³-hybridized carbons (Fsp3) is 0.917. The van der Waals surface area contributed by atoms with Crippen molar-refractivity contribution in [3.63, 3.8) is 0 Å². The number of aliphatic hydroxyl groups excluding tert-OH is 1. The van der Waals surface area contributed by atoms with E-state index in [0.29, 0.717) is 6.54 Å². The van der Waals surface area contributed by atoms with Crippen LogP contribution in [0, 0.1) is 0 Å². The van der Waals surface area contributed by atoms with Crippen LogP contribution in [-0.2, 0) is 4.74 Å². The van der Waals surface area contributed by atoms with E-state index in [1.807, 2.05) is 0 Å². The van der Waals surface area contributed by atoms with Gasteiger partial charge in [-0.15, -0.1) is 0 Å². The standard InChI is InChI=1S/C12H24N2O3/c1-17-9-4-2-3-7-13-12(16)14-8-5-6-11(14)10-15/h11,15H,2-10H2,1H3,(H,13,16). The molecular weight excluding hydrogens is 220 g/mol. The van der Waals surface area contributed by atoms with E-state index in [9.17, 15) is 4.79 Å². The van der Waals surface area contributed by atoms with Crippen LogP contribution in [0.4, 0.5) is 4.79 Å². The van der Waals surface area contributed by atoms with Crippen molar-refractivity contribution in [1.29, 1.82) is 0 Å². The maximum atomic E-state index is 11.8. The molecule has 0 aliphatic carbocycles. The number of methoxy groups -OCH3 is 1. The summed E-state index contributed by atoms with van der Waals surface area (Å²) in [5.74, 6) is 0. The lowest BCUT2D eigenvalue weighted by molar-refractivity contribution is 0.157. The van der Waals surface area contributed by atoms with Crippen LogP contribution >= 0.6 is 0 Å². The molecule has 0 saturated carbocycles. The van der Waals surface area contributed by atoms with E-state index in [1.54, 1.807) is 12.0 Å². The Labute approximate surface area is 103 Å². The molecule has 0 bridgehead atoms. The summed E-state index contributed by atoms with van der Waals surface area (Å²) in [6.45, 7) is 2.33. The van der Waals surface area contributed by atoms with Crippen LogP contribution in [0.15, 0.2) is 0 Å². The van der Waals surface area contributed by atoms with Gasteiger partial charge in [-0.25, -0.2) is 4.79 Å². The second kappa shape index (κ2) is 8.31. The Hall–Kier alpha value is -0.810. The van der Waals surface area contributed by atoms with Crippen molar-refractivity contribution in [2.45, 2.75) is 38.1 Å². The van der Waals surface area contributed by atoms with Crippen LogP contribution in [0.25, 0.3) is 0 Å². The van der Waals surface area contributed by atoms with Crippen LogP contribution in [0.1, 0.15) is 32.1 Å². The van der Waals surface area contributed by atoms with Crippen molar-refractivity contribution in [3.05, 3.63) is 0 Å².